The van der Waals surface area contributed by atoms with Gasteiger partial charge in [-0.05, 0) is 0 Å². The fourth-order valence-corrected chi connectivity index (χ4v) is 0.730. The van der Waals surface area contributed by atoms with Gasteiger partial charge in [-0.1, -0.05) is 0 Å². The van der Waals surface area contributed by atoms with Gasteiger partial charge >= 0.3 is 5.97 Å². The van der Waals surface area contributed by atoms with Crippen molar-refractivity contribution >= 4 is 5.97 Å². The quantitative estimate of drug-likeness (QED) is 0.742. The van der Waals surface area contributed by atoms with E-state index in [4.69, 9.17) is 5.11 Å². The predicted octanol–water partition coefficient (Wildman–Crippen LogP) is 0.846. The largest absolute Gasteiger partial charge is 0.476 e. The predicted molar refractivity (Wildman–Crippen MR) is 35.2 cm³/mol. The Morgan fingerprint density at radius 3 is 2.83 bits per heavy atom. The van der Waals surface area contributed by atoms with Gasteiger partial charge in [0.1, 0.15) is 0 Å². The summed E-state index contributed by atoms with van der Waals surface area (Å²) in [6.07, 6.45) is -0.370. The average molecular weight is 176 g/mol. The van der Waals surface area contributed by atoms with Gasteiger partial charge in [-0.3, -0.25) is 0 Å². The molecule has 0 radical (unpaired) electrons. The standard InChI is InChI=1S/C6H6F2N2O2/c7-5(8)2-10-1-4(6(11)12)9-3-10/h1,3,5H,2H2,(H,11,12). The highest BCUT2D eigenvalue weighted by molar-refractivity contribution is 5.84. The van der Waals surface area contributed by atoms with E-state index >= 15 is 0 Å². The SMILES string of the molecule is O=C(O)c1cn(CC(F)F)cn1. The van der Waals surface area contributed by atoms with E-state index in [2.05, 4.69) is 4.98 Å². The molecule has 0 aromatic carbocycles. The number of carboxylic acids is 1. The third kappa shape index (κ3) is 2.01. The minimum Gasteiger partial charge on any atom is -0.476 e. The second-order valence-electron chi connectivity index (χ2n) is 2.15. The maximum atomic E-state index is 11.7. The second kappa shape index (κ2) is 3.29. The molecular weight excluding hydrogens is 170 g/mol. The molecule has 6 heteroatoms. The van der Waals surface area contributed by atoms with Crippen LogP contribution in [0.15, 0.2) is 12.5 Å². The first kappa shape index (κ1) is 8.63. The highest BCUT2D eigenvalue weighted by atomic mass is 19.3. The van der Waals surface area contributed by atoms with E-state index in [1.54, 1.807) is 0 Å². The number of alkyl halides is 2. The minimum absolute atomic E-state index is 0.226. The summed E-state index contributed by atoms with van der Waals surface area (Å²) in [4.78, 5) is 13.6. The molecule has 0 aliphatic heterocycles. The van der Waals surface area contributed by atoms with Crippen LogP contribution in [-0.4, -0.2) is 27.1 Å². The number of imidazole rings is 1. The number of carbonyl (C=O) groups is 1. The molecule has 66 valence electrons. The van der Waals surface area contributed by atoms with Crippen LogP contribution in [0.4, 0.5) is 8.78 Å². The van der Waals surface area contributed by atoms with E-state index in [1.165, 1.54) is 0 Å². The first-order valence-corrected chi connectivity index (χ1v) is 3.13. The lowest BCUT2D eigenvalue weighted by Gasteiger charge is -1.97. The van der Waals surface area contributed by atoms with E-state index < -0.39 is 18.9 Å². The third-order valence-corrected chi connectivity index (χ3v) is 1.20. The molecule has 1 heterocycles. The molecule has 0 aliphatic rings. The lowest BCUT2D eigenvalue weighted by molar-refractivity contribution is 0.0690. The van der Waals surface area contributed by atoms with E-state index in [-0.39, 0.29) is 5.69 Å². The Labute approximate surface area is 66.5 Å². The molecular formula is C6H6F2N2O2. The molecule has 4 nitrogen and oxygen atoms in total. The van der Waals surface area contributed by atoms with Crippen molar-refractivity contribution in [2.75, 3.05) is 0 Å². The Kier molecular flexibility index (Phi) is 2.37. The maximum Gasteiger partial charge on any atom is 0.356 e. The van der Waals surface area contributed by atoms with Gasteiger partial charge in [0.25, 0.3) is 6.43 Å². The van der Waals surface area contributed by atoms with E-state index in [0.29, 0.717) is 0 Å². The number of nitrogens with zero attached hydrogens (tertiary/aromatic N) is 2. The molecule has 1 aromatic heterocycles. The van der Waals surface area contributed by atoms with Crippen molar-refractivity contribution in [3.63, 3.8) is 0 Å². The van der Waals surface area contributed by atoms with Crippen LogP contribution in [0, 0.1) is 0 Å². The number of halogens is 2. The molecule has 1 aromatic rings. The highest BCUT2D eigenvalue weighted by Gasteiger charge is 2.08. The van der Waals surface area contributed by atoms with Crippen LogP contribution in [0.25, 0.3) is 0 Å². The van der Waals surface area contributed by atoms with E-state index in [1.807, 2.05) is 0 Å². The second-order valence-corrected chi connectivity index (χ2v) is 2.15. The van der Waals surface area contributed by atoms with Crippen LogP contribution >= 0.6 is 0 Å². The van der Waals surface area contributed by atoms with Crippen LogP contribution in [0.5, 0.6) is 0 Å². The Bertz CT molecular complexity index is 285. The highest BCUT2D eigenvalue weighted by Crippen LogP contribution is 2.00. The van der Waals surface area contributed by atoms with Crippen molar-refractivity contribution < 1.29 is 18.7 Å². The summed E-state index contributed by atoms with van der Waals surface area (Å²) >= 11 is 0. The molecule has 0 spiro atoms. The fraction of sp³-hybridized carbons (Fsp3) is 0.333. The number of hydrogen-bond donors (Lipinski definition) is 1. The molecule has 12 heavy (non-hydrogen) atoms. The molecule has 0 amide bonds. The molecule has 0 bridgehead atoms. The van der Waals surface area contributed by atoms with Crippen LogP contribution in [0.1, 0.15) is 10.5 Å². The molecule has 0 unspecified atom stereocenters. The molecule has 1 N–H and O–H groups in total. The fourth-order valence-electron chi connectivity index (χ4n) is 0.730. The van der Waals surface area contributed by atoms with Gasteiger partial charge in [0, 0.05) is 6.20 Å². The first-order chi connectivity index (χ1) is 5.59. The molecule has 0 atom stereocenters. The van der Waals surface area contributed by atoms with Crippen LogP contribution in [0.2, 0.25) is 0 Å². The van der Waals surface area contributed by atoms with Crippen LogP contribution in [-0.2, 0) is 6.54 Å². The van der Waals surface area contributed by atoms with Crippen molar-refractivity contribution in [3.8, 4) is 0 Å². The number of aromatic nitrogens is 2. The molecule has 0 aliphatic carbocycles. The van der Waals surface area contributed by atoms with Crippen molar-refractivity contribution in [1.29, 1.82) is 0 Å². The molecule has 0 saturated heterocycles. The Morgan fingerprint density at radius 2 is 2.42 bits per heavy atom. The van der Waals surface area contributed by atoms with Gasteiger partial charge in [0.15, 0.2) is 5.69 Å². The topological polar surface area (TPSA) is 55.1 Å². The zero-order valence-electron chi connectivity index (χ0n) is 5.94. The van der Waals surface area contributed by atoms with E-state index in [9.17, 15) is 13.6 Å². The van der Waals surface area contributed by atoms with Crippen molar-refractivity contribution in [2.24, 2.45) is 0 Å². The summed E-state index contributed by atoms with van der Waals surface area (Å²) < 4.78 is 24.5. The zero-order chi connectivity index (χ0) is 9.14. The molecule has 0 saturated carbocycles. The van der Waals surface area contributed by atoms with E-state index in [0.717, 1.165) is 17.1 Å². The molecule has 0 fully saturated rings. The van der Waals surface area contributed by atoms with Crippen molar-refractivity contribution in [1.82, 2.24) is 9.55 Å². The van der Waals surface area contributed by atoms with Gasteiger partial charge in [0.05, 0.1) is 12.9 Å². The number of carboxylic acid groups (broad SMARTS) is 1. The lowest BCUT2D eigenvalue weighted by atomic mass is 10.5. The minimum atomic E-state index is -2.50. The lowest BCUT2D eigenvalue weighted by Crippen LogP contribution is -2.04. The summed E-state index contributed by atoms with van der Waals surface area (Å²) in [5.74, 6) is -1.22. The Morgan fingerprint density at radius 1 is 1.75 bits per heavy atom. The normalized spacial score (nSPS) is 10.6. The van der Waals surface area contributed by atoms with Crippen LogP contribution < -0.4 is 0 Å². The first-order valence-electron chi connectivity index (χ1n) is 3.13. The zero-order valence-corrected chi connectivity index (χ0v) is 5.94. The number of hydrogen-bond acceptors (Lipinski definition) is 2. The van der Waals surface area contributed by atoms with Gasteiger partial charge in [-0.15, -0.1) is 0 Å². The van der Waals surface area contributed by atoms with Gasteiger partial charge in [-0.2, -0.15) is 0 Å². The summed E-state index contributed by atoms with van der Waals surface area (Å²) in [5.41, 5.74) is -0.226. The van der Waals surface area contributed by atoms with Gasteiger partial charge < -0.3 is 9.67 Å². The maximum absolute atomic E-state index is 11.7. The smallest absolute Gasteiger partial charge is 0.356 e. The summed E-state index contributed by atoms with van der Waals surface area (Å²) in [7, 11) is 0. The number of aromatic carboxylic acids is 1. The third-order valence-electron chi connectivity index (χ3n) is 1.20. The molecule has 1 rings (SSSR count). The van der Waals surface area contributed by atoms with Gasteiger partial charge in [0.2, 0.25) is 0 Å². The Balaban J connectivity index is 2.71. The van der Waals surface area contributed by atoms with Crippen molar-refractivity contribution in [3.05, 3.63) is 18.2 Å². The summed E-state index contributed by atoms with van der Waals surface area (Å²) in [6.45, 7) is -0.527. The average Bonchev–Trinajstić information content (AvgIpc) is 2.34. The Hall–Kier alpha value is -1.46. The van der Waals surface area contributed by atoms with Gasteiger partial charge in [-0.25, -0.2) is 18.6 Å². The van der Waals surface area contributed by atoms with Crippen LogP contribution in [0.3, 0.4) is 0 Å². The number of rotatable bonds is 3. The summed E-state index contributed by atoms with van der Waals surface area (Å²) in [5, 5.41) is 8.37. The monoisotopic (exact) mass is 176 g/mol. The van der Waals surface area contributed by atoms with Crippen molar-refractivity contribution in [2.45, 2.75) is 13.0 Å². The summed E-state index contributed by atoms with van der Waals surface area (Å²) in [6, 6.07) is 0.